The Labute approximate surface area is 151 Å². The minimum atomic E-state index is -0.582. The van der Waals surface area contributed by atoms with Gasteiger partial charge in [0.05, 0.1) is 23.5 Å². The van der Waals surface area contributed by atoms with Crippen molar-refractivity contribution in [2.75, 3.05) is 12.9 Å². The number of rotatable bonds is 6. The van der Waals surface area contributed by atoms with Crippen LogP contribution in [-0.4, -0.2) is 43.7 Å². The molecule has 0 N–H and O–H groups in total. The number of nitro groups is 1. The van der Waals surface area contributed by atoms with Crippen molar-refractivity contribution in [2.24, 2.45) is 0 Å². The molecule has 0 atom stereocenters. The number of thioether (sulfide) groups is 1. The zero-order valence-corrected chi connectivity index (χ0v) is 14.6. The third-order valence-electron chi connectivity index (χ3n) is 3.30. The minimum Gasteiger partial charge on any atom is -0.468 e. The predicted octanol–water partition coefficient (Wildman–Crippen LogP) is 2.40. The lowest BCUT2D eigenvalue weighted by molar-refractivity contribution is -0.387. The normalized spacial score (nSPS) is 10.7. The first-order valence-electron chi connectivity index (χ1n) is 7.34. The quantitative estimate of drug-likeness (QED) is 0.276. The van der Waals surface area contributed by atoms with Crippen LogP contribution in [0.15, 0.2) is 39.8 Å². The standard InChI is InChI=1S/C15H13N5O5S/c1-9-16-17-14(25-9)12-13(20(22)23)15(26-8-11(21)24-2)18-19(12)10-6-4-3-5-7-10/h3-7H,8H2,1-2H3. The number of hydrogen-bond acceptors (Lipinski definition) is 9. The monoisotopic (exact) mass is 375 g/mol. The maximum atomic E-state index is 11.7. The molecule has 2 heterocycles. The molecule has 26 heavy (non-hydrogen) atoms. The Bertz CT molecular complexity index is 953. The fraction of sp³-hybridized carbons (Fsp3) is 0.200. The van der Waals surface area contributed by atoms with E-state index in [0.717, 1.165) is 11.8 Å². The summed E-state index contributed by atoms with van der Waals surface area (Å²) in [6, 6.07) is 8.82. The van der Waals surface area contributed by atoms with E-state index in [4.69, 9.17) is 4.42 Å². The molecular weight excluding hydrogens is 362 g/mol. The van der Waals surface area contributed by atoms with Crippen molar-refractivity contribution < 1.29 is 18.9 Å². The van der Waals surface area contributed by atoms with E-state index in [9.17, 15) is 14.9 Å². The van der Waals surface area contributed by atoms with Crippen LogP contribution in [0.5, 0.6) is 0 Å². The highest BCUT2D eigenvalue weighted by molar-refractivity contribution is 8.00. The van der Waals surface area contributed by atoms with Crippen LogP contribution in [-0.2, 0) is 9.53 Å². The highest BCUT2D eigenvalue weighted by Crippen LogP contribution is 2.39. The van der Waals surface area contributed by atoms with Crippen LogP contribution in [0, 0.1) is 17.0 Å². The van der Waals surface area contributed by atoms with Gasteiger partial charge in [-0.2, -0.15) is 5.10 Å². The number of aromatic nitrogens is 4. The number of para-hydroxylation sites is 1. The molecule has 11 heteroatoms. The zero-order valence-electron chi connectivity index (χ0n) is 13.8. The number of benzene rings is 1. The number of hydrogen-bond donors (Lipinski definition) is 0. The van der Waals surface area contributed by atoms with Crippen molar-refractivity contribution in [3.63, 3.8) is 0 Å². The molecular formula is C15H13N5O5S. The van der Waals surface area contributed by atoms with Gasteiger partial charge in [0.2, 0.25) is 11.6 Å². The predicted molar refractivity (Wildman–Crippen MR) is 91.0 cm³/mol. The molecule has 0 unspecified atom stereocenters. The van der Waals surface area contributed by atoms with E-state index in [1.807, 2.05) is 6.07 Å². The average molecular weight is 375 g/mol. The second kappa shape index (κ2) is 7.35. The van der Waals surface area contributed by atoms with Crippen molar-refractivity contribution in [1.29, 1.82) is 0 Å². The lowest BCUT2D eigenvalue weighted by atomic mass is 10.3. The van der Waals surface area contributed by atoms with Crippen molar-refractivity contribution in [2.45, 2.75) is 11.9 Å². The molecule has 3 aromatic rings. The number of carbonyl (C=O) groups is 1. The fourth-order valence-corrected chi connectivity index (χ4v) is 3.00. The number of nitrogens with zero attached hydrogens (tertiary/aromatic N) is 5. The van der Waals surface area contributed by atoms with Gasteiger partial charge in [-0.05, 0) is 12.1 Å². The van der Waals surface area contributed by atoms with Crippen molar-refractivity contribution >= 4 is 23.4 Å². The van der Waals surface area contributed by atoms with Gasteiger partial charge in [-0.25, -0.2) is 4.68 Å². The lowest BCUT2D eigenvalue weighted by Gasteiger charge is -2.03. The molecule has 134 valence electrons. The number of esters is 1. The maximum absolute atomic E-state index is 11.7. The highest BCUT2D eigenvalue weighted by Gasteiger charge is 2.33. The Kier molecular flexibility index (Phi) is 4.98. The molecule has 0 aliphatic carbocycles. The van der Waals surface area contributed by atoms with Gasteiger partial charge >= 0.3 is 11.7 Å². The molecule has 0 aliphatic rings. The maximum Gasteiger partial charge on any atom is 0.334 e. The van der Waals surface area contributed by atoms with Crippen LogP contribution < -0.4 is 0 Å². The SMILES string of the molecule is COC(=O)CSc1nn(-c2ccccc2)c(-c2nnc(C)o2)c1[N+](=O)[O-]. The summed E-state index contributed by atoms with van der Waals surface area (Å²) in [5.74, 6) is -0.408. The van der Waals surface area contributed by atoms with Gasteiger partial charge in [-0.3, -0.25) is 14.9 Å². The lowest BCUT2D eigenvalue weighted by Crippen LogP contribution is -2.03. The van der Waals surface area contributed by atoms with Crippen molar-refractivity contribution in [3.8, 4) is 17.3 Å². The van der Waals surface area contributed by atoms with E-state index < -0.39 is 10.9 Å². The number of aryl methyl sites for hydroxylation is 1. The van der Waals surface area contributed by atoms with E-state index in [1.165, 1.54) is 11.8 Å². The first-order valence-corrected chi connectivity index (χ1v) is 8.32. The average Bonchev–Trinajstić information content (AvgIpc) is 3.23. The minimum absolute atomic E-state index is 0.0320. The summed E-state index contributed by atoms with van der Waals surface area (Å²) in [7, 11) is 1.24. The number of methoxy groups -OCH3 is 1. The van der Waals surface area contributed by atoms with E-state index in [-0.39, 0.29) is 33.9 Å². The molecule has 0 fully saturated rings. The summed E-state index contributed by atoms with van der Waals surface area (Å²) in [6.45, 7) is 1.58. The number of carbonyl (C=O) groups excluding carboxylic acids is 1. The fourth-order valence-electron chi connectivity index (χ4n) is 2.18. The van der Waals surface area contributed by atoms with Gasteiger partial charge in [-0.1, -0.05) is 30.0 Å². The first-order chi connectivity index (χ1) is 12.5. The Morgan fingerprint density at radius 1 is 1.35 bits per heavy atom. The van der Waals surface area contributed by atoms with Crippen molar-refractivity contribution in [3.05, 3.63) is 46.3 Å². The first kappa shape index (κ1) is 17.6. The van der Waals surface area contributed by atoms with Crippen LogP contribution in [0.1, 0.15) is 5.89 Å². The van der Waals surface area contributed by atoms with Crippen LogP contribution >= 0.6 is 11.8 Å². The van der Waals surface area contributed by atoms with Crippen LogP contribution in [0.25, 0.3) is 17.3 Å². The third-order valence-corrected chi connectivity index (χ3v) is 4.22. The largest absolute Gasteiger partial charge is 0.468 e. The highest BCUT2D eigenvalue weighted by atomic mass is 32.2. The molecule has 3 rings (SSSR count). The molecule has 0 amide bonds. The second-order valence-corrected chi connectivity index (χ2v) is 5.96. The molecule has 0 saturated carbocycles. The second-order valence-electron chi connectivity index (χ2n) is 5.00. The van der Waals surface area contributed by atoms with E-state index in [0.29, 0.717) is 5.69 Å². The van der Waals surface area contributed by atoms with Crippen LogP contribution in [0.2, 0.25) is 0 Å². The van der Waals surface area contributed by atoms with Crippen LogP contribution in [0.3, 0.4) is 0 Å². The molecule has 0 spiro atoms. The molecule has 2 aromatic heterocycles. The molecule has 0 aliphatic heterocycles. The van der Waals surface area contributed by atoms with Crippen LogP contribution in [0.4, 0.5) is 5.69 Å². The number of ether oxygens (including phenoxy) is 1. The van der Waals surface area contributed by atoms with E-state index in [2.05, 4.69) is 20.0 Å². The Hall–Kier alpha value is -3.21. The van der Waals surface area contributed by atoms with Gasteiger partial charge in [0.25, 0.3) is 5.89 Å². The Balaban J connectivity index is 2.19. The zero-order chi connectivity index (χ0) is 18.7. The van der Waals surface area contributed by atoms with Gasteiger partial charge in [0.15, 0.2) is 5.03 Å². The Morgan fingerprint density at radius 2 is 2.08 bits per heavy atom. The van der Waals surface area contributed by atoms with Gasteiger partial charge in [0.1, 0.15) is 0 Å². The molecule has 0 bridgehead atoms. The Morgan fingerprint density at radius 3 is 2.65 bits per heavy atom. The smallest absolute Gasteiger partial charge is 0.334 e. The summed E-state index contributed by atoms with van der Waals surface area (Å²) in [5.41, 5.74) is 0.312. The molecule has 0 radical (unpaired) electrons. The topological polar surface area (TPSA) is 126 Å². The van der Waals surface area contributed by atoms with Gasteiger partial charge in [0, 0.05) is 6.92 Å². The molecule has 1 aromatic carbocycles. The molecule has 0 saturated heterocycles. The molecule has 10 nitrogen and oxygen atoms in total. The van der Waals surface area contributed by atoms with Gasteiger partial charge in [-0.15, -0.1) is 10.2 Å². The van der Waals surface area contributed by atoms with E-state index >= 15 is 0 Å². The summed E-state index contributed by atoms with van der Waals surface area (Å²) in [5, 5.41) is 23.7. The van der Waals surface area contributed by atoms with Crippen molar-refractivity contribution in [1.82, 2.24) is 20.0 Å². The summed E-state index contributed by atoms with van der Waals surface area (Å²) >= 11 is 0.901. The van der Waals surface area contributed by atoms with E-state index in [1.54, 1.807) is 31.2 Å². The summed E-state index contributed by atoms with van der Waals surface area (Å²) in [4.78, 5) is 22.5. The summed E-state index contributed by atoms with van der Waals surface area (Å²) in [6.07, 6.45) is 0. The summed E-state index contributed by atoms with van der Waals surface area (Å²) < 4.78 is 11.3. The third kappa shape index (κ3) is 3.42. The van der Waals surface area contributed by atoms with Gasteiger partial charge < -0.3 is 9.15 Å².